The second-order valence-corrected chi connectivity index (χ2v) is 10.1. The van der Waals surface area contributed by atoms with Crippen LogP contribution in [0.5, 0.6) is 0 Å². The van der Waals surface area contributed by atoms with Gasteiger partial charge in [-0.15, -0.1) is 0 Å². The smallest absolute Gasteiger partial charge is 0.243 e. The van der Waals surface area contributed by atoms with Crippen molar-refractivity contribution in [2.24, 2.45) is 0 Å². The first kappa shape index (κ1) is 21.0. The van der Waals surface area contributed by atoms with Crippen molar-refractivity contribution >= 4 is 15.9 Å². The summed E-state index contributed by atoms with van der Waals surface area (Å²) in [5.41, 5.74) is 2.72. The lowest BCUT2D eigenvalue weighted by Gasteiger charge is -2.35. The number of fused-ring (bicyclic) bond motifs is 1. The van der Waals surface area contributed by atoms with Crippen molar-refractivity contribution in [2.45, 2.75) is 50.0 Å². The lowest BCUT2D eigenvalue weighted by atomic mass is 9.93. The van der Waals surface area contributed by atoms with Gasteiger partial charge in [0.15, 0.2) is 0 Å². The van der Waals surface area contributed by atoms with Gasteiger partial charge in [0.25, 0.3) is 0 Å². The van der Waals surface area contributed by atoms with Crippen molar-refractivity contribution in [3.8, 4) is 0 Å². The third kappa shape index (κ3) is 4.14. The van der Waals surface area contributed by atoms with Crippen molar-refractivity contribution in [3.05, 3.63) is 65.0 Å². The van der Waals surface area contributed by atoms with E-state index in [1.165, 1.54) is 12.1 Å². The van der Waals surface area contributed by atoms with E-state index in [0.717, 1.165) is 36.0 Å². The molecule has 4 rings (SSSR count). The molecule has 0 saturated carbocycles. The van der Waals surface area contributed by atoms with Crippen LogP contribution in [0.2, 0.25) is 0 Å². The van der Waals surface area contributed by atoms with Gasteiger partial charge in [-0.3, -0.25) is 4.79 Å². The average molecular weight is 431 g/mol. The summed E-state index contributed by atoms with van der Waals surface area (Å²) in [4.78, 5) is 15.0. The van der Waals surface area contributed by atoms with Crippen molar-refractivity contribution in [3.63, 3.8) is 0 Å². The maximum Gasteiger partial charge on any atom is 0.243 e. The maximum absolute atomic E-state index is 13.7. The van der Waals surface area contributed by atoms with Crippen LogP contribution in [0.1, 0.15) is 48.9 Å². The van der Waals surface area contributed by atoms with Crippen LogP contribution >= 0.6 is 0 Å². The van der Waals surface area contributed by atoms with Crippen molar-refractivity contribution in [2.75, 3.05) is 19.6 Å². The number of carbonyl (C=O) groups excluding carboxylic acids is 1. The molecule has 0 aliphatic carbocycles. The maximum atomic E-state index is 13.7. The van der Waals surface area contributed by atoms with Gasteiger partial charge in [-0.25, -0.2) is 12.8 Å². The van der Waals surface area contributed by atoms with Gasteiger partial charge in [0, 0.05) is 19.6 Å². The molecule has 1 unspecified atom stereocenters. The molecule has 5 nitrogen and oxygen atoms in total. The summed E-state index contributed by atoms with van der Waals surface area (Å²) in [6, 6.07) is 11.2. The van der Waals surface area contributed by atoms with E-state index in [4.69, 9.17) is 0 Å². The molecule has 7 heteroatoms. The molecule has 160 valence electrons. The minimum Gasteiger partial charge on any atom is -0.335 e. The van der Waals surface area contributed by atoms with Gasteiger partial charge in [0.1, 0.15) is 5.82 Å². The third-order valence-electron chi connectivity index (χ3n) is 6.20. The molecule has 0 N–H and O–H groups in total. The van der Waals surface area contributed by atoms with Gasteiger partial charge in [0.05, 0.1) is 17.4 Å². The van der Waals surface area contributed by atoms with Crippen molar-refractivity contribution in [1.82, 2.24) is 9.21 Å². The second kappa shape index (κ2) is 8.47. The molecule has 2 aliphatic rings. The lowest BCUT2D eigenvalue weighted by molar-refractivity contribution is -0.133. The first-order chi connectivity index (χ1) is 14.4. The molecule has 1 atom stereocenters. The number of hydrogen-bond donors (Lipinski definition) is 0. The molecule has 1 fully saturated rings. The van der Waals surface area contributed by atoms with Crippen LogP contribution in [0.4, 0.5) is 4.39 Å². The SMILES string of the molecule is CC1c2cc(F)ccc2CCN1C(=O)Cc1ccc(S(=O)(=O)N2CCCCC2)cc1. The molecule has 2 aliphatic heterocycles. The van der Waals surface area contributed by atoms with E-state index in [1.807, 2.05) is 6.92 Å². The average Bonchev–Trinajstić information content (AvgIpc) is 2.75. The highest BCUT2D eigenvalue weighted by molar-refractivity contribution is 7.89. The number of piperidine rings is 1. The number of amides is 1. The summed E-state index contributed by atoms with van der Waals surface area (Å²) in [5, 5.41) is 0. The van der Waals surface area contributed by atoms with Gasteiger partial charge in [-0.2, -0.15) is 4.31 Å². The number of halogens is 1. The summed E-state index contributed by atoms with van der Waals surface area (Å²) in [6.45, 7) is 3.65. The summed E-state index contributed by atoms with van der Waals surface area (Å²) >= 11 is 0. The van der Waals surface area contributed by atoms with E-state index in [9.17, 15) is 17.6 Å². The number of benzene rings is 2. The molecule has 0 radical (unpaired) electrons. The molecule has 1 amide bonds. The minimum atomic E-state index is -3.47. The number of nitrogens with zero attached hydrogens (tertiary/aromatic N) is 2. The molecular formula is C23H27FN2O3S. The van der Waals surface area contributed by atoms with Crippen LogP contribution in [0.3, 0.4) is 0 Å². The molecular weight excluding hydrogens is 403 g/mol. The Bertz CT molecular complexity index is 1030. The fourth-order valence-electron chi connectivity index (χ4n) is 4.44. The molecule has 0 bridgehead atoms. The quantitative estimate of drug-likeness (QED) is 0.743. The number of rotatable bonds is 4. The highest BCUT2D eigenvalue weighted by Gasteiger charge is 2.29. The standard InChI is InChI=1S/C23H27FN2O3S/c1-17-22-16-20(24)8-7-19(22)11-14-26(17)23(27)15-18-5-9-21(10-6-18)30(28,29)25-12-3-2-4-13-25/h5-10,16-17H,2-4,11-15H2,1H3. The molecule has 0 aromatic heterocycles. The van der Waals surface area contributed by atoms with Crippen LogP contribution in [-0.2, 0) is 27.7 Å². The Morgan fingerprint density at radius 1 is 1.03 bits per heavy atom. The first-order valence-electron chi connectivity index (χ1n) is 10.5. The Hall–Kier alpha value is -2.25. The molecule has 1 saturated heterocycles. The van der Waals surface area contributed by atoms with E-state index >= 15 is 0 Å². The molecule has 0 spiro atoms. The molecule has 2 aromatic carbocycles. The van der Waals surface area contributed by atoms with Gasteiger partial charge < -0.3 is 4.90 Å². The highest BCUT2D eigenvalue weighted by atomic mass is 32.2. The monoisotopic (exact) mass is 430 g/mol. The van der Waals surface area contributed by atoms with Crippen LogP contribution in [0.15, 0.2) is 47.4 Å². The van der Waals surface area contributed by atoms with E-state index in [-0.39, 0.29) is 29.1 Å². The third-order valence-corrected chi connectivity index (χ3v) is 8.11. The van der Waals surface area contributed by atoms with Gasteiger partial charge in [-0.1, -0.05) is 24.6 Å². The zero-order chi connectivity index (χ0) is 21.3. The number of hydrogen-bond acceptors (Lipinski definition) is 3. The normalized spacial score (nSPS) is 20.1. The summed E-state index contributed by atoms with van der Waals surface area (Å²) < 4.78 is 40.8. The van der Waals surface area contributed by atoms with Crippen LogP contribution in [-0.4, -0.2) is 43.2 Å². The van der Waals surface area contributed by atoms with E-state index < -0.39 is 10.0 Å². The van der Waals surface area contributed by atoms with Crippen LogP contribution in [0, 0.1) is 5.82 Å². The number of carbonyl (C=O) groups is 1. The predicted molar refractivity (Wildman–Crippen MR) is 113 cm³/mol. The zero-order valence-electron chi connectivity index (χ0n) is 17.2. The summed E-state index contributed by atoms with van der Waals surface area (Å²) in [7, 11) is -3.47. The highest BCUT2D eigenvalue weighted by Crippen LogP contribution is 2.30. The first-order valence-corrected chi connectivity index (χ1v) is 12.0. The van der Waals surface area contributed by atoms with Crippen molar-refractivity contribution < 1.29 is 17.6 Å². The Morgan fingerprint density at radius 3 is 2.43 bits per heavy atom. The van der Waals surface area contributed by atoms with Crippen molar-refractivity contribution in [1.29, 1.82) is 0 Å². The predicted octanol–water partition coefficient (Wildman–Crippen LogP) is 3.69. The van der Waals surface area contributed by atoms with E-state index in [0.29, 0.717) is 26.1 Å². The Labute approximate surface area is 177 Å². The number of sulfonamides is 1. The molecule has 2 aromatic rings. The largest absolute Gasteiger partial charge is 0.335 e. The Kier molecular flexibility index (Phi) is 5.93. The van der Waals surface area contributed by atoms with E-state index in [2.05, 4.69) is 0 Å². The van der Waals surface area contributed by atoms with E-state index in [1.54, 1.807) is 39.5 Å². The fraction of sp³-hybridized carbons (Fsp3) is 0.435. The summed E-state index contributed by atoms with van der Waals surface area (Å²) in [6.07, 6.45) is 3.76. The lowest BCUT2D eigenvalue weighted by Crippen LogP contribution is -2.39. The van der Waals surface area contributed by atoms with Crippen LogP contribution in [0.25, 0.3) is 0 Å². The van der Waals surface area contributed by atoms with Gasteiger partial charge >= 0.3 is 0 Å². The summed E-state index contributed by atoms with van der Waals surface area (Å²) in [5.74, 6) is -0.329. The molecule has 30 heavy (non-hydrogen) atoms. The second-order valence-electron chi connectivity index (χ2n) is 8.14. The zero-order valence-corrected chi connectivity index (χ0v) is 18.0. The molecule has 2 heterocycles. The minimum absolute atomic E-state index is 0.0379. The Balaban J connectivity index is 1.45. The van der Waals surface area contributed by atoms with Gasteiger partial charge in [-0.05, 0) is 67.1 Å². The van der Waals surface area contributed by atoms with Crippen LogP contribution < -0.4 is 0 Å². The topological polar surface area (TPSA) is 57.7 Å². The fourth-order valence-corrected chi connectivity index (χ4v) is 5.95. The Morgan fingerprint density at radius 2 is 1.73 bits per heavy atom. The van der Waals surface area contributed by atoms with Gasteiger partial charge in [0.2, 0.25) is 15.9 Å².